The standard InChI is InChI=1S/C16H16N2O2/c1-12-17-10-14(16(19)15-8-5-9-20-15)18(12)11-13-6-3-2-4-7-13/h2-10,16,19H,11H2,1H3. The van der Waals surface area contributed by atoms with Crippen LogP contribution in [0.15, 0.2) is 59.3 Å². The maximum Gasteiger partial charge on any atom is 0.153 e. The zero-order chi connectivity index (χ0) is 13.9. The van der Waals surface area contributed by atoms with Crippen LogP contribution in [-0.4, -0.2) is 14.7 Å². The summed E-state index contributed by atoms with van der Waals surface area (Å²) >= 11 is 0. The smallest absolute Gasteiger partial charge is 0.153 e. The molecule has 1 unspecified atom stereocenters. The van der Waals surface area contributed by atoms with Crippen LogP contribution in [0.25, 0.3) is 0 Å². The van der Waals surface area contributed by atoms with Gasteiger partial charge in [-0.15, -0.1) is 0 Å². The highest BCUT2D eigenvalue weighted by Crippen LogP contribution is 2.23. The van der Waals surface area contributed by atoms with E-state index in [1.165, 1.54) is 5.56 Å². The van der Waals surface area contributed by atoms with Gasteiger partial charge in [-0.2, -0.15) is 0 Å². The van der Waals surface area contributed by atoms with E-state index in [1.807, 2.05) is 29.7 Å². The molecule has 0 aliphatic heterocycles. The van der Waals surface area contributed by atoms with E-state index in [0.29, 0.717) is 12.3 Å². The molecule has 1 aromatic carbocycles. The van der Waals surface area contributed by atoms with Crippen molar-refractivity contribution in [3.05, 3.63) is 77.8 Å². The van der Waals surface area contributed by atoms with Gasteiger partial charge in [-0.1, -0.05) is 30.3 Å². The van der Waals surface area contributed by atoms with Crippen LogP contribution in [0.1, 0.15) is 28.9 Å². The monoisotopic (exact) mass is 268 g/mol. The number of benzene rings is 1. The quantitative estimate of drug-likeness (QED) is 0.791. The molecule has 1 N–H and O–H groups in total. The SMILES string of the molecule is Cc1ncc(C(O)c2ccco2)n1Cc1ccccc1. The zero-order valence-corrected chi connectivity index (χ0v) is 11.2. The van der Waals surface area contributed by atoms with E-state index >= 15 is 0 Å². The average Bonchev–Trinajstić information content (AvgIpc) is 3.11. The van der Waals surface area contributed by atoms with Crippen molar-refractivity contribution in [3.8, 4) is 0 Å². The summed E-state index contributed by atoms with van der Waals surface area (Å²) in [5.41, 5.74) is 1.91. The van der Waals surface area contributed by atoms with Crippen LogP contribution in [0.2, 0.25) is 0 Å². The molecule has 20 heavy (non-hydrogen) atoms. The van der Waals surface area contributed by atoms with Crippen LogP contribution in [0.4, 0.5) is 0 Å². The first-order valence-corrected chi connectivity index (χ1v) is 6.53. The lowest BCUT2D eigenvalue weighted by Gasteiger charge is -2.13. The fraction of sp³-hybridized carbons (Fsp3) is 0.188. The second-order valence-corrected chi connectivity index (χ2v) is 4.72. The van der Waals surface area contributed by atoms with Gasteiger partial charge in [0.2, 0.25) is 0 Å². The summed E-state index contributed by atoms with van der Waals surface area (Å²) in [6, 6.07) is 13.6. The molecule has 0 aliphatic carbocycles. The topological polar surface area (TPSA) is 51.2 Å². The molecule has 1 atom stereocenters. The van der Waals surface area contributed by atoms with Gasteiger partial charge >= 0.3 is 0 Å². The van der Waals surface area contributed by atoms with Gasteiger partial charge in [-0.3, -0.25) is 0 Å². The summed E-state index contributed by atoms with van der Waals surface area (Å²) < 4.78 is 7.28. The maximum absolute atomic E-state index is 10.4. The van der Waals surface area contributed by atoms with Crippen molar-refractivity contribution >= 4 is 0 Å². The fourth-order valence-electron chi connectivity index (χ4n) is 2.27. The van der Waals surface area contributed by atoms with Crippen molar-refractivity contribution in [2.24, 2.45) is 0 Å². The van der Waals surface area contributed by atoms with Crippen LogP contribution < -0.4 is 0 Å². The van der Waals surface area contributed by atoms with E-state index in [4.69, 9.17) is 4.42 Å². The van der Waals surface area contributed by atoms with Gasteiger partial charge in [0.1, 0.15) is 11.6 Å². The number of hydrogen-bond donors (Lipinski definition) is 1. The first-order valence-electron chi connectivity index (χ1n) is 6.53. The van der Waals surface area contributed by atoms with Crippen LogP contribution in [0, 0.1) is 6.92 Å². The minimum Gasteiger partial charge on any atom is -0.466 e. The average molecular weight is 268 g/mol. The number of furan rings is 1. The molecule has 4 heteroatoms. The van der Waals surface area contributed by atoms with Gasteiger partial charge in [0.15, 0.2) is 6.10 Å². The van der Waals surface area contributed by atoms with Gasteiger partial charge in [-0.25, -0.2) is 4.98 Å². The highest BCUT2D eigenvalue weighted by Gasteiger charge is 2.19. The van der Waals surface area contributed by atoms with Gasteiger partial charge in [0.25, 0.3) is 0 Å². The summed E-state index contributed by atoms with van der Waals surface area (Å²) in [5, 5.41) is 10.4. The minimum atomic E-state index is -0.796. The molecule has 0 spiro atoms. The Kier molecular flexibility index (Phi) is 3.39. The predicted octanol–water partition coefficient (Wildman–Crippen LogP) is 2.91. The summed E-state index contributed by atoms with van der Waals surface area (Å²) in [6.45, 7) is 2.61. The first kappa shape index (κ1) is 12.7. The largest absolute Gasteiger partial charge is 0.466 e. The molecule has 0 radical (unpaired) electrons. The molecule has 0 bridgehead atoms. The number of nitrogens with zero attached hydrogens (tertiary/aromatic N) is 2. The van der Waals surface area contributed by atoms with Crippen LogP contribution in [-0.2, 0) is 6.54 Å². The minimum absolute atomic E-state index is 0.527. The molecule has 2 heterocycles. The number of rotatable bonds is 4. The Labute approximate surface area is 117 Å². The van der Waals surface area contributed by atoms with E-state index in [-0.39, 0.29) is 0 Å². The van der Waals surface area contributed by atoms with Crippen molar-refractivity contribution < 1.29 is 9.52 Å². The first-order chi connectivity index (χ1) is 9.75. The molecule has 102 valence electrons. The molecular formula is C16H16N2O2. The summed E-state index contributed by atoms with van der Waals surface area (Å²) in [4.78, 5) is 4.30. The van der Waals surface area contributed by atoms with Crippen LogP contribution in [0.3, 0.4) is 0 Å². The highest BCUT2D eigenvalue weighted by atomic mass is 16.4. The van der Waals surface area contributed by atoms with Crippen molar-refractivity contribution in [2.75, 3.05) is 0 Å². The summed E-state index contributed by atoms with van der Waals surface area (Å²) in [6.07, 6.45) is 2.46. The van der Waals surface area contributed by atoms with Crippen molar-refractivity contribution in [1.82, 2.24) is 9.55 Å². The van der Waals surface area contributed by atoms with Gasteiger partial charge in [0.05, 0.1) is 18.2 Å². The molecule has 0 amide bonds. The number of aryl methyl sites for hydroxylation is 1. The Morgan fingerprint density at radius 2 is 2.00 bits per heavy atom. The Balaban J connectivity index is 1.93. The molecule has 2 aromatic heterocycles. The lowest BCUT2D eigenvalue weighted by Crippen LogP contribution is -2.10. The third-order valence-corrected chi connectivity index (χ3v) is 3.36. The number of aromatic nitrogens is 2. The summed E-state index contributed by atoms with van der Waals surface area (Å²) in [7, 11) is 0. The highest BCUT2D eigenvalue weighted by molar-refractivity contribution is 5.21. The molecule has 0 saturated heterocycles. The molecule has 3 rings (SSSR count). The number of hydrogen-bond acceptors (Lipinski definition) is 3. The molecule has 4 nitrogen and oxygen atoms in total. The summed E-state index contributed by atoms with van der Waals surface area (Å²) in [5.74, 6) is 1.40. The maximum atomic E-state index is 10.4. The molecule has 0 aliphatic rings. The van der Waals surface area contributed by atoms with Crippen LogP contribution >= 0.6 is 0 Å². The Bertz CT molecular complexity index is 672. The second kappa shape index (κ2) is 5.35. The fourth-order valence-corrected chi connectivity index (χ4v) is 2.27. The van der Waals surface area contributed by atoms with Gasteiger partial charge in [-0.05, 0) is 24.6 Å². The number of aliphatic hydroxyl groups excluding tert-OH is 1. The predicted molar refractivity (Wildman–Crippen MR) is 75.3 cm³/mol. The third-order valence-electron chi connectivity index (χ3n) is 3.36. The van der Waals surface area contributed by atoms with Crippen molar-refractivity contribution in [2.45, 2.75) is 19.6 Å². The Morgan fingerprint density at radius 1 is 1.20 bits per heavy atom. The van der Waals surface area contributed by atoms with Gasteiger partial charge < -0.3 is 14.1 Å². The van der Waals surface area contributed by atoms with Crippen molar-refractivity contribution in [3.63, 3.8) is 0 Å². The Morgan fingerprint density at radius 3 is 2.70 bits per heavy atom. The van der Waals surface area contributed by atoms with E-state index in [1.54, 1.807) is 24.6 Å². The lowest BCUT2D eigenvalue weighted by atomic mass is 10.2. The normalized spacial score (nSPS) is 12.5. The molecule has 0 saturated carbocycles. The van der Waals surface area contributed by atoms with E-state index in [0.717, 1.165) is 11.5 Å². The number of imidazole rings is 1. The Hall–Kier alpha value is -2.33. The molecule has 3 aromatic rings. The molecular weight excluding hydrogens is 252 g/mol. The van der Waals surface area contributed by atoms with E-state index in [2.05, 4.69) is 17.1 Å². The van der Waals surface area contributed by atoms with Crippen LogP contribution in [0.5, 0.6) is 0 Å². The van der Waals surface area contributed by atoms with E-state index < -0.39 is 6.10 Å². The second-order valence-electron chi connectivity index (χ2n) is 4.72. The van der Waals surface area contributed by atoms with Crippen molar-refractivity contribution in [1.29, 1.82) is 0 Å². The third kappa shape index (κ3) is 2.38. The lowest BCUT2D eigenvalue weighted by molar-refractivity contribution is 0.180. The van der Waals surface area contributed by atoms with E-state index in [9.17, 15) is 5.11 Å². The van der Waals surface area contributed by atoms with Gasteiger partial charge in [0, 0.05) is 6.54 Å². The molecule has 0 fully saturated rings. The number of aliphatic hydroxyl groups is 1. The zero-order valence-electron chi connectivity index (χ0n) is 11.2.